The van der Waals surface area contributed by atoms with E-state index in [0.29, 0.717) is 18.7 Å². The van der Waals surface area contributed by atoms with Crippen molar-refractivity contribution in [3.8, 4) is 5.88 Å². The van der Waals surface area contributed by atoms with E-state index in [9.17, 15) is 4.79 Å². The van der Waals surface area contributed by atoms with Crippen LogP contribution in [0.15, 0.2) is 24.3 Å². The molecule has 112 valence electrons. The summed E-state index contributed by atoms with van der Waals surface area (Å²) < 4.78 is 7.05. The number of methoxy groups -OCH3 is 1. The van der Waals surface area contributed by atoms with E-state index in [0.717, 1.165) is 22.7 Å². The van der Waals surface area contributed by atoms with Crippen LogP contribution < -0.4 is 10.1 Å². The first kappa shape index (κ1) is 15.1. The third-order valence-corrected chi connectivity index (χ3v) is 3.31. The van der Waals surface area contributed by atoms with Gasteiger partial charge in [-0.2, -0.15) is 5.10 Å². The molecule has 0 spiro atoms. The average molecular weight is 289 g/mol. The Hall–Kier alpha value is -2.34. The molecule has 0 fully saturated rings. The molecular weight excluding hydrogens is 270 g/mol. The lowest BCUT2D eigenvalue weighted by Crippen LogP contribution is -2.14. The van der Waals surface area contributed by atoms with E-state index in [1.807, 2.05) is 26.1 Å². The van der Waals surface area contributed by atoms with Crippen molar-refractivity contribution in [2.45, 2.75) is 20.0 Å². The SMILES string of the molecule is COc1c(CNCc2ccc(C(=O)O)cc2)c(C)nn1C. The summed E-state index contributed by atoms with van der Waals surface area (Å²) in [6.45, 7) is 3.24. The smallest absolute Gasteiger partial charge is 0.335 e. The largest absolute Gasteiger partial charge is 0.481 e. The summed E-state index contributed by atoms with van der Waals surface area (Å²) >= 11 is 0. The Balaban J connectivity index is 1.97. The molecule has 6 heteroatoms. The van der Waals surface area contributed by atoms with E-state index in [4.69, 9.17) is 9.84 Å². The zero-order valence-corrected chi connectivity index (χ0v) is 12.4. The van der Waals surface area contributed by atoms with Crippen LogP contribution in [0.3, 0.4) is 0 Å². The van der Waals surface area contributed by atoms with Gasteiger partial charge in [-0.15, -0.1) is 0 Å². The molecule has 1 heterocycles. The number of carboxylic acids is 1. The minimum absolute atomic E-state index is 0.295. The van der Waals surface area contributed by atoms with Crippen LogP contribution in [-0.4, -0.2) is 28.0 Å². The summed E-state index contributed by atoms with van der Waals surface area (Å²) in [6.07, 6.45) is 0. The van der Waals surface area contributed by atoms with Crippen LogP contribution in [-0.2, 0) is 20.1 Å². The fraction of sp³-hybridized carbons (Fsp3) is 0.333. The van der Waals surface area contributed by atoms with Crippen LogP contribution in [0.25, 0.3) is 0 Å². The molecule has 0 saturated heterocycles. The topological polar surface area (TPSA) is 76.4 Å². The zero-order chi connectivity index (χ0) is 15.4. The van der Waals surface area contributed by atoms with Crippen molar-refractivity contribution in [3.05, 3.63) is 46.6 Å². The van der Waals surface area contributed by atoms with Crippen molar-refractivity contribution in [3.63, 3.8) is 0 Å². The van der Waals surface area contributed by atoms with E-state index in [2.05, 4.69) is 10.4 Å². The number of hydrogen-bond acceptors (Lipinski definition) is 4. The lowest BCUT2D eigenvalue weighted by molar-refractivity contribution is 0.0697. The van der Waals surface area contributed by atoms with Gasteiger partial charge in [0.15, 0.2) is 0 Å². The van der Waals surface area contributed by atoms with Gasteiger partial charge in [-0.1, -0.05) is 12.1 Å². The molecular formula is C15H19N3O3. The number of aromatic nitrogens is 2. The van der Waals surface area contributed by atoms with Gasteiger partial charge in [0.1, 0.15) is 0 Å². The lowest BCUT2D eigenvalue weighted by Gasteiger charge is -2.07. The van der Waals surface area contributed by atoms with Crippen molar-refractivity contribution < 1.29 is 14.6 Å². The van der Waals surface area contributed by atoms with Crippen LogP contribution in [0.5, 0.6) is 5.88 Å². The number of hydrogen-bond donors (Lipinski definition) is 2. The molecule has 1 aromatic heterocycles. The predicted octanol–water partition coefficient (Wildman–Crippen LogP) is 1.73. The van der Waals surface area contributed by atoms with Crippen molar-refractivity contribution >= 4 is 5.97 Å². The molecule has 21 heavy (non-hydrogen) atoms. The van der Waals surface area contributed by atoms with Gasteiger partial charge < -0.3 is 15.2 Å². The summed E-state index contributed by atoms with van der Waals surface area (Å²) in [5, 5.41) is 16.5. The summed E-state index contributed by atoms with van der Waals surface area (Å²) in [4.78, 5) is 10.8. The minimum atomic E-state index is -0.912. The van der Waals surface area contributed by atoms with Gasteiger partial charge in [0.2, 0.25) is 5.88 Å². The monoisotopic (exact) mass is 289 g/mol. The molecule has 0 aliphatic rings. The molecule has 0 atom stereocenters. The van der Waals surface area contributed by atoms with E-state index >= 15 is 0 Å². The van der Waals surface area contributed by atoms with Crippen LogP contribution >= 0.6 is 0 Å². The molecule has 0 unspecified atom stereocenters. The normalized spacial score (nSPS) is 10.6. The fourth-order valence-electron chi connectivity index (χ4n) is 2.24. The number of carboxylic acid groups (broad SMARTS) is 1. The lowest BCUT2D eigenvalue weighted by atomic mass is 10.1. The van der Waals surface area contributed by atoms with Gasteiger partial charge >= 0.3 is 5.97 Å². The Morgan fingerprint density at radius 2 is 2.00 bits per heavy atom. The predicted molar refractivity (Wildman–Crippen MR) is 78.4 cm³/mol. The average Bonchev–Trinajstić information content (AvgIpc) is 2.73. The first-order chi connectivity index (χ1) is 10.0. The van der Waals surface area contributed by atoms with Crippen LogP contribution in [0.4, 0.5) is 0 Å². The number of carbonyl (C=O) groups is 1. The summed E-state index contributed by atoms with van der Waals surface area (Å²) in [7, 11) is 3.48. The maximum Gasteiger partial charge on any atom is 0.335 e. The Kier molecular flexibility index (Phi) is 4.59. The summed E-state index contributed by atoms with van der Waals surface area (Å²) in [5.74, 6) is -0.161. The molecule has 0 radical (unpaired) electrons. The number of nitrogens with zero attached hydrogens (tertiary/aromatic N) is 2. The van der Waals surface area contributed by atoms with Gasteiger partial charge in [0.05, 0.1) is 23.9 Å². The molecule has 2 aromatic rings. The third-order valence-electron chi connectivity index (χ3n) is 3.31. The van der Waals surface area contributed by atoms with E-state index in [-0.39, 0.29) is 0 Å². The molecule has 0 aliphatic carbocycles. The van der Waals surface area contributed by atoms with E-state index in [1.54, 1.807) is 23.9 Å². The summed E-state index contributed by atoms with van der Waals surface area (Å²) in [5.41, 5.74) is 3.29. The van der Waals surface area contributed by atoms with Crippen LogP contribution in [0.2, 0.25) is 0 Å². The molecule has 0 bridgehead atoms. The zero-order valence-electron chi connectivity index (χ0n) is 12.4. The minimum Gasteiger partial charge on any atom is -0.481 e. The van der Waals surface area contributed by atoms with Gasteiger partial charge in [0, 0.05) is 20.1 Å². The maximum atomic E-state index is 10.8. The summed E-state index contributed by atoms with van der Waals surface area (Å²) in [6, 6.07) is 6.83. The Morgan fingerprint density at radius 3 is 2.57 bits per heavy atom. The van der Waals surface area contributed by atoms with Gasteiger partial charge in [-0.25, -0.2) is 9.48 Å². The second-order valence-electron chi connectivity index (χ2n) is 4.80. The number of aromatic carboxylic acids is 1. The second kappa shape index (κ2) is 6.41. The quantitative estimate of drug-likeness (QED) is 0.847. The van der Waals surface area contributed by atoms with E-state index in [1.165, 1.54) is 0 Å². The van der Waals surface area contributed by atoms with Crippen LogP contribution in [0, 0.1) is 6.92 Å². The number of ether oxygens (including phenoxy) is 1. The Morgan fingerprint density at radius 1 is 1.33 bits per heavy atom. The highest BCUT2D eigenvalue weighted by Gasteiger charge is 2.13. The molecule has 0 amide bonds. The van der Waals surface area contributed by atoms with Crippen LogP contribution in [0.1, 0.15) is 27.2 Å². The van der Waals surface area contributed by atoms with Crippen molar-refractivity contribution in [1.82, 2.24) is 15.1 Å². The molecule has 2 N–H and O–H groups in total. The first-order valence-electron chi connectivity index (χ1n) is 6.62. The molecule has 0 saturated carbocycles. The molecule has 1 aromatic carbocycles. The fourth-order valence-corrected chi connectivity index (χ4v) is 2.24. The standard InChI is InChI=1S/C15H19N3O3/c1-10-13(14(21-3)18(2)17-10)9-16-8-11-4-6-12(7-5-11)15(19)20/h4-7,16H,8-9H2,1-3H3,(H,19,20). The molecule has 0 aliphatic heterocycles. The van der Waals surface area contributed by atoms with Gasteiger partial charge in [0.25, 0.3) is 0 Å². The van der Waals surface area contributed by atoms with Crippen molar-refractivity contribution in [1.29, 1.82) is 0 Å². The number of benzene rings is 1. The van der Waals surface area contributed by atoms with Crippen molar-refractivity contribution in [2.24, 2.45) is 7.05 Å². The first-order valence-corrected chi connectivity index (χ1v) is 6.62. The van der Waals surface area contributed by atoms with Gasteiger partial charge in [-0.05, 0) is 24.6 Å². The highest BCUT2D eigenvalue weighted by atomic mass is 16.5. The Bertz CT molecular complexity index is 632. The number of rotatable bonds is 6. The van der Waals surface area contributed by atoms with Crippen molar-refractivity contribution in [2.75, 3.05) is 7.11 Å². The molecule has 6 nitrogen and oxygen atoms in total. The highest BCUT2D eigenvalue weighted by Crippen LogP contribution is 2.20. The van der Waals surface area contributed by atoms with Gasteiger partial charge in [-0.3, -0.25) is 0 Å². The number of aryl methyl sites for hydroxylation is 2. The maximum absolute atomic E-state index is 10.8. The number of nitrogens with one attached hydrogen (secondary N) is 1. The molecule has 2 rings (SSSR count). The van der Waals surface area contributed by atoms with E-state index < -0.39 is 5.97 Å². The highest BCUT2D eigenvalue weighted by molar-refractivity contribution is 5.87. The third kappa shape index (κ3) is 3.41. The second-order valence-corrected chi connectivity index (χ2v) is 4.80. The Labute approximate surface area is 123 Å².